The van der Waals surface area contributed by atoms with E-state index in [1.54, 1.807) is 24.5 Å². The normalized spacial score (nSPS) is 10.3. The second-order valence-electron chi connectivity index (χ2n) is 3.13. The standard InChI is InChI=1S/C11H10FN3/c12-11-3-1-2-10(15-11)9-4-8(5-13)6-14-7-9/h1-4,6-7H,5,13H2. The van der Waals surface area contributed by atoms with Crippen LogP contribution < -0.4 is 5.73 Å². The van der Waals surface area contributed by atoms with E-state index in [1.807, 2.05) is 6.07 Å². The van der Waals surface area contributed by atoms with E-state index in [-0.39, 0.29) is 0 Å². The van der Waals surface area contributed by atoms with Gasteiger partial charge in [0, 0.05) is 24.5 Å². The van der Waals surface area contributed by atoms with Gasteiger partial charge < -0.3 is 5.73 Å². The van der Waals surface area contributed by atoms with E-state index >= 15 is 0 Å². The first-order valence-corrected chi connectivity index (χ1v) is 4.56. The van der Waals surface area contributed by atoms with Crippen LogP contribution in [0.2, 0.25) is 0 Å². The summed E-state index contributed by atoms with van der Waals surface area (Å²) in [6.45, 7) is 0.413. The summed E-state index contributed by atoms with van der Waals surface area (Å²) in [6.07, 6.45) is 3.32. The highest BCUT2D eigenvalue weighted by Crippen LogP contribution is 2.16. The third-order valence-corrected chi connectivity index (χ3v) is 2.04. The smallest absolute Gasteiger partial charge is 0.213 e. The number of nitrogens with zero attached hydrogens (tertiary/aromatic N) is 2. The summed E-state index contributed by atoms with van der Waals surface area (Å²) in [5.41, 5.74) is 7.74. The van der Waals surface area contributed by atoms with Gasteiger partial charge in [0.05, 0.1) is 5.69 Å². The number of halogens is 1. The van der Waals surface area contributed by atoms with Crippen LogP contribution in [0.15, 0.2) is 36.7 Å². The molecule has 2 rings (SSSR count). The Hall–Kier alpha value is -1.81. The highest BCUT2D eigenvalue weighted by atomic mass is 19.1. The van der Waals surface area contributed by atoms with Gasteiger partial charge in [-0.1, -0.05) is 6.07 Å². The third-order valence-electron chi connectivity index (χ3n) is 2.04. The van der Waals surface area contributed by atoms with Crippen molar-refractivity contribution in [1.29, 1.82) is 0 Å². The second-order valence-corrected chi connectivity index (χ2v) is 3.13. The Bertz CT molecular complexity index is 471. The van der Waals surface area contributed by atoms with E-state index in [0.717, 1.165) is 11.1 Å². The molecule has 0 saturated heterocycles. The van der Waals surface area contributed by atoms with Crippen molar-refractivity contribution in [2.45, 2.75) is 6.54 Å². The lowest BCUT2D eigenvalue weighted by Crippen LogP contribution is -1.97. The van der Waals surface area contributed by atoms with E-state index in [4.69, 9.17) is 5.73 Å². The van der Waals surface area contributed by atoms with Gasteiger partial charge in [-0.3, -0.25) is 4.98 Å². The lowest BCUT2D eigenvalue weighted by molar-refractivity contribution is 0.585. The minimum absolute atomic E-state index is 0.413. The van der Waals surface area contributed by atoms with Crippen LogP contribution in [0.25, 0.3) is 11.3 Å². The lowest BCUT2D eigenvalue weighted by atomic mass is 10.1. The number of nitrogens with two attached hydrogens (primary N) is 1. The van der Waals surface area contributed by atoms with Gasteiger partial charge in [0.15, 0.2) is 0 Å². The first kappa shape index (κ1) is 9.73. The van der Waals surface area contributed by atoms with Gasteiger partial charge in [0.25, 0.3) is 0 Å². The molecule has 2 aromatic rings. The molecule has 0 radical (unpaired) electrons. The second kappa shape index (κ2) is 4.14. The molecule has 76 valence electrons. The van der Waals surface area contributed by atoms with Crippen LogP contribution in [0.5, 0.6) is 0 Å². The highest BCUT2D eigenvalue weighted by molar-refractivity contribution is 5.58. The molecule has 0 amide bonds. The minimum Gasteiger partial charge on any atom is -0.326 e. The van der Waals surface area contributed by atoms with E-state index in [9.17, 15) is 4.39 Å². The van der Waals surface area contributed by atoms with Crippen molar-refractivity contribution >= 4 is 0 Å². The zero-order valence-corrected chi connectivity index (χ0v) is 8.02. The van der Waals surface area contributed by atoms with Gasteiger partial charge in [-0.2, -0.15) is 4.39 Å². The summed E-state index contributed by atoms with van der Waals surface area (Å²) in [5.74, 6) is -0.495. The zero-order chi connectivity index (χ0) is 10.7. The van der Waals surface area contributed by atoms with Gasteiger partial charge in [0.1, 0.15) is 0 Å². The molecule has 15 heavy (non-hydrogen) atoms. The molecule has 0 atom stereocenters. The fourth-order valence-electron chi connectivity index (χ4n) is 1.31. The average molecular weight is 203 g/mol. The van der Waals surface area contributed by atoms with Crippen LogP contribution in [0.4, 0.5) is 4.39 Å². The van der Waals surface area contributed by atoms with Crippen molar-refractivity contribution < 1.29 is 4.39 Å². The van der Waals surface area contributed by atoms with Crippen LogP contribution in [0.1, 0.15) is 5.56 Å². The largest absolute Gasteiger partial charge is 0.326 e. The minimum atomic E-state index is -0.495. The molecule has 0 bridgehead atoms. The summed E-state index contributed by atoms with van der Waals surface area (Å²) >= 11 is 0. The van der Waals surface area contributed by atoms with Crippen LogP contribution in [-0.2, 0) is 6.54 Å². The topological polar surface area (TPSA) is 51.8 Å². The predicted octanol–water partition coefficient (Wildman–Crippen LogP) is 1.74. The van der Waals surface area contributed by atoms with Crippen molar-refractivity contribution in [3.63, 3.8) is 0 Å². The molecule has 0 aliphatic rings. The molecular weight excluding hydrogens is 193 g/mol. The molecule has 0 spiro atoms. The molecule has 3 nitrogen and oxygen atoms in total. The van der Waals surface area contributed by atoms with Gasteiger partial charge >= 0.3 is 0 Å². The molecule has 0 aliphatic carbocycles. The Kier molecular flexibility index (Phi) is 2.69. The van der Waals surface area contributed by atoms with E-state index in [1.165, 1.54) is 6.07 Å². The van der Waals surface area contributed by atoms with E-state index in [2.05, 4.69) is 9.97 Å². The maximum atomic E-state index is 12.9. The molecule has 2 heterocycles. The number of hydrogen-bond acceptors (Lipinski definition) is 3. The van der Waals surface area contributed by atoms with Crippen LogP contribution in [-0.4, -0.2) is 9.97 Å². The van der Waals surface area contributed by atoms with Crippen molar-refractivity contribution in [2.75, 3.05) is 0 Å². The molecule has 2 aromatic heterocycles. The monoisotopic (exact) mass is 203 g/mol. The number of aromatic nitrogens is 2. The summed E-state index contributed by atoms with van der Waals surface area (Å²) in [6, 6.07) is 6.52. The van der Waals surface area contributed by atoms with Crippen molar-refractivity contribution in [3.8, 4) is 11.3 Å². The number of rotatable bonds is 2. The fraction of sp³-hybridized carbons (Fsp3) is 0.0909. The molecule has 4 heteroatoms. The highest BCUT2D eigenvalue weighted by Gasteiger charge is 2.01. The summed E-state index contributed by atoms with van der Waals surface area (Å²) in [7, 11) is 0. The Morgan fingerprint density at radius 1 is 1.27 bits per heavy atom. The Morgan fingerprint density at radius 3 is 2.87 bits per heavy atom. The molecule has 0 saturated carbocycles. The quantitative estimate of drug-likeness (QED) is 0.756. The van der Waals surface area contributed by atoms with E-state index < -0.39 is 5.95 Å². The lowest BCUT2D eigenvalue weighted by Gasteiger charge is -2.02. The average Bonchev–Trinajstić information content (AvgIpc) is 2.29. The molecule has 0 aromatic carbocycles. The van der Waals surface area contributed by atoms with E-state index in [0.29, 0.717) is 12.2 Å². The first-order chi connectivity index (χ1) is 7.29. The Balaban J connectivity index is 2.44. The molecule has 0 fully saturated rings. The molecule has 0 unspecified atom stereocenters. The Morgan fingerprint density at radius 2 is 2.13 bits per heavy atom. The van der Waals surface area contributed by atoms with Crippen molar-refractivity contribution in [3.05, 3.63) is 48.2 Å². The summed E-state index contributed by atoms with van der Waals surface area (Å²) < 4.78 is 12.9. The Labute approximate surface area is 86.8 Å². The predicted molar refractivity (Wildman–Crippen MR) is 55.3 cm³/mol. The van der Waals surface area contributed by atoms with Crippen LogP contribution in [0, 0.1) is 5.95 Å². The number of hydrogen-bond donors (Lipinski definition) is 1. The molecular formula is C11H10FN3. The molecule has 2 N–H and O–H groups in total. The van der Waals surface area contributed by atoms with Gasteiger partial charge in [-0.05, 0) is 23.8 Å². The van der Waals surface area contributed by atoms with Gasteiger partial charge in [-0.15, -0.1) is 0 Å². The van der Waals surface area contributed by atoms with Crippen molar-refractivity contribution in [1.82, 2.24) is 9.97 Å². The van der Waals surface area contributed by atoms with Gasteiger partial charge in [0.2, 0.25) is 5.95 Å². The fourth-order valence-corrected chi connectivity index (χ4v) is 1.31. The molecule has 0 aliphatic heterocycles. The van der Waals surface area contributed by atoms with Crippen LogP contribution in [0.3, 0.4) is 0 Å². The SMILES string of the molecule is NCc1cncc(-c2cccc(F)n2)c1. The maximum absolute atomic E-state index is 12.9. The summed E-state index contributed by atoms with van der Waals surface area (Å²) in [4.78, 5) is 7.79. The maximum Gasteiger partial charge on any atom is 0.213 e. The number of pyridine rings is 2. The zero-order valence-electron chi connectivity index (χ0n) is 8.02. The summed E-state index contributed by atoms with van der Waals surface area (Å²) in [5, 5.41) is 0. The first-order valence-electron chi connectivity index (χ1n) is 4.56. The van der Waals surface area contributed by atoms with Crippen molar-refractivity contribution in [2.24, 2.45) is 5.73 Å². The third kappa shape index (κ3) is 2.16. The van der Waals surface area contributed by atoms with Crippen LogP contribution >= 0.6 is 0 Å². The van der Waals surface area contributed by atoms with Gasteiger partial charge in [-0.25, -0.2) is 4.98 Å².